The normalized spacial score (nSPS) is 13.6. The molecular weight excluding hydrogens is 256 g/mol. The molecule has 0 spiro atoms. The van der Waals surface area contributed by atoms with Crippen LogP contribution >= 0.6 is 0 Å². The van der Waals surface area contributed by atoms with Crippen LogP contribution in [-0.4, -0.2) is 12.5 Å². The SMILES string of the molecule is O=C(Nc1ccc2c(c1)CNCC2)c1ccc(=O)oc1. The minimum absolute atomic E-state index is 0.294. The molecule has 0 saturated heterocycles. The molecule has 1 aliphatic heterocycles. The Hall–Kier alpha value is -2.40. The number of fused-ring (bicyclic) bond motifs is 1. The van der Waals surface area contributed by atoms with E-state index in [-0.39, 0.29) is 5.91 Å². The van der Waals surface area contributed by atoms with Gasteiger partial charge in [0.15, 0.2) is 0 Å². The first kappa shape index (κ1) is 12.6. The van der Waals surface area contributed by atoms with Crippen molar-refractivity contribution in [1.29, 1.82) is 0 Å². The van der Waals surface area contributed by atoms with Gasteiger partial charge in [0, 0.05) is 18.3 Å². The van der Waals surface area contributed by atoms with Gasteiger partial charge in [0.1, 0.15) is 6.26 Å². The van der Waals surface area contributed by atoms with E-state index in [4.69, 9.17) is 0 Å². The summed E-state index contributed by atoms with van der Waals surface area (Å²) in [4.78, 5) is 22.9. The summed E-state index contributed by atoms with van der Waals surface area (Å²) in [6.07, 6.45) is 2.17. The molecular formula is C15H14N2O3. The maximum Gasteiger partial charge on any atom is 0.335 e. The van der Waals surface area contributed by atoms with Gasteiger partial charge in [-0.1, -0.05) is 6.07 Å². The van der Waals surface area contributed by atoms with Gasteiger partial charge in [0.25, 0.3) is 5.91 Å². The molecule has 0 bridgehead atoms. The number of carbonyl (C=O) groups excluding carboxylic acids is 1. The van der Waals surface area contributed by atoms with Gasteiger partial charge in [0.05, 0.1) is 5.56 Å². The summed E-state index contributed by atoms with van der Waals surface area (Å²) >= 11 is 0. The number of anilines is 1. The average Bonchev–Trinajstić information content (AvgIpc) is 2.48. The largest absolute Gasteiger partial charge is 0.430 e. The van der Waals surface area contributed by atoms with Crippen LogP contribution in [0.15, 0.2) is 45.8 Å². The predicted molar refractivity (Wildman–Crippen MR) is 74.8 cm³/mol. The Balaban J connectivity index is 1.79. The molecule has 20 heavy (non-hydrogen) atoms. The van der Waals surface area contributed by atoms with Crippen LogP contribution in [0.3, 0.4) is 0 Å². The maximum atomic E-state index is 12.0. The van der Waals surface area contributed by atoms with E-state index in [1.165, 1.54) is 23.3 Å². The van der Waals surface area contributed by atoms with Crippen LogP contribution in [0.25, 0.3) is 0 Å². The fourth-order valence-corrected chi connectivity index (χ4v) is 2.25. The van der Waals surface area contributed by atoms with E-state index >= 15 is 0 Å². The third-order valence-corrected chi connectivity index (χ3v) is 3.31. The Bertz CT molecular complexity index is 686. The van der Waals surface area contributed by atoms with Crippen molar-refractivity contribution in [2.45, 2.75) is 13.0 Å². The minimum Gasteiger partial charge on any atom is -0.430 e. The van der Waals surface area contributed by atoms with Gasteiger partial charge in [-0.3, -0.25) is 4.79 Å². The topological polar surface area (TPSA) is 71.3 Å². The first-order valence-electron chi connectivity index (χ1n) is 6.45. The zero-order valence-electron chi connectivity index (χ0n) is 10.8. The average molecular weight is 270 g/mol. The summed E-state index contributed by atoms with van der Waals surface area (Å²) in [7, 11) is 0. The van der Waals surface area contributed by atoms with Crippen molar-refractivity contribution in [3.63, 3.8) is 0 Å². The zero-order valence-corrected chi connectivity index (χ0v) is 10.8. The van der Waals surface area contributed by atoms with Crippen molar-refractivity contribution in [2.24, 2.45) is 0 Å². The van der Waals surface area contributed by atoms with Gasteiger partial charge in [-0.2, -0.15) is 0 Å². The van der Waals surface area contributed by atoms with Crippen LogP contribution in [0.5, 0.6) is 0 Å². The second kappa shape index (κ2) is 5.30. The summed E-state index contributed by atoms with van der Waals surface area (Å²) in [5.41, 5.74) is 3.10. The Morgan fingerprint density at radius 3 is 2.90 bits per heavy atom. The fraction of sp³-hybridized carbons (Fsp3) is 0.200. The molecule has 2 aromatic rings. The summed E-state index contributed by atoms with van der Waals surface area (Å²) in [5.74, 6) is -0.294. The lowest BCUT2D eigenvalue weighted by Gasteiger charge is -2.18. The van der Waals surface area contributed by atoms with Crippen molar-refractivity contribution >= 4 is 11.6 Å². The predicted octanol–water partition coefficient (Wildman–Crippen LogP) is 1.54. The highest BCUT2D eigenvalue weighted by Crippen LogP contribution is 2.19. The maximum absolute atomic E-state index is 12.0. The Morgan fingerprint density at radius 1 is 1.20 bits per heavy atom. The molecule has 0 aliphatic carbocycles. The van der Waals surface area contributed by atoms with Gasteiger partial charge in [-0.05, 0) is 42.3 Å². The highest BCUT2D eigenvalue weighted by atomic mass is 16.4. The van der Waals surface area contributed by atoms with E-state index < -0.39 is 5.63 Å². The molecule has 0 unspecified atom stereocenters. The molecule has 1 aliphatic rings. The second-order valence-corrected chi connectivity index (χ2v) is 4.71. The van der Waals surface area contributed by atoms with E-state index in [1.54, 1.807) is 0 Å². The smallest absolute Gasteiger partial charge is 0.335 e. The van der Waals surface area contributed by atoms with Gasteiger partial charge in [-0.25, -0.2) is 4.79 Å². The van der Waals surface area contributed by atoms with Gasteiger partial charge in [0.2, 0.25) is 0 Å². The van der Waals surface area contributed by atoms with Gasteiger partial charge >= 0.3 is 5.63 Å². The quantitative estimate of drug-likeness (QED) is 0.868. The summed E-state index contributed by atoms with van der Waals surface area (Å²) < 4.78 is 4.68. The van der Waals surface area contributed by atoms with E-state index in [0.717, 1.165) is 31.5 Å². The van der Waals surface area contributed by atoms with E-state index in [2.05, 4.69) is 15.1 Å². The molecule has 2 N–H and O–H groups in total. The van der Waals surface area contributed by atoms with Crippen molar-refractivity contribution in [1.82, 2.24) is 5.32 Å². The molecule has 0 radical (unpaired) electrons. The Labute approximate surface area is 115 Å². The number of hydrogen-bond donors (Lipinski definition) is 2. The minimum atomic E-state index is -0.471. The third kappa shape index (κ3) is 2.62. The fourth-order valence-electron chi connectivity index (χ4n) is 2.25. The molecule has 1 amide bonds. The molecule has 0 atom stereocenters. The molecule has 102 valence electrons. The molecule has 0 fully saturated rings. The highest BCUT2D eigenvalue weighted by Gasteiger charge is 2.11. The lowest BCUT2D eigenvalue weighted by molar-refractivity contribution is 0.102. The number of hydrogen-bond acceptors (Lipinski definition) is 4. The van der Waals surface area contributed by atoms with Crippen LogP contribution in [-0.2, 0) is 13.0 Å². The lowest BCUT2D eigenvalue weighted by atomic mass is 10.0. The number of rotatable bonds is 2. The number of amides is 1. The first-order valence-corrected chi connectivity index (χ1v) is 6.45. The van der Waals surface area contributed by atoms with Crippen LogP contribution < -0.4 is 16.3 Å². The number of benzene rings is 1. The van der Waals surface area contributed by atoms with Crippen LogP contribution in [0, 0.1) is 0 Å². The van der Waals surface area contributed by atoms with E-state index in [0.29, 0.717) is 5.56 Å². The monoisotopic (exact) mass is 270 g/mol. The molecule has 1 aromatic carbocycles. The zero-order chi connectivity index (χ0) is 13.9. The first-order chi connectivity index (χ1) is 9.72. The van der Waals surface area contributed by atoms with Crippen molar-refractivity contribution in [3.05, 3.63) is 63.7 Å². The number of nitrogens with one attached hydrogen (secondary N) is 2. The molecule has 1 aromatic heterocycles. The van der Waals surface area contributed by atoms with Crippen molar-refractivity contribution < 1.29 is 9.21 Å². The van der Waals surface area contributed by atoms with Crippen LogP contribution in [0.1, 0.15) is 21.5 Å². The summed E-state index contributed by atoms with van der Waals surface area (Å²) in [6, 6.07) is 8.57. The third-order valence-electron chi connectivity index (χ3n) is 3.31. The van der Waals surface area contributed by atoms with E-state index in [1.807, 2.05) is 18.2 Å². The highest BCUT2D eigenvalue weighted by molar-refractivity contribution is 6.03. The summed E-state index contributed by atoms with van der Waals surface area (Å²) in [5, 5.41) is 6.10. The van der Waals surface area contributed by atoms with Gasteiger partial charge < -0.3 is 15.1 Å². The van der Waals surface area contributed by atoms with Crippen molar-refractivity contribution in [3.8, 4) is 0 Å². The lowest BCUT2D eigenvalue weighted by Crippen LogP contribution is -2.23. The molecule has 5 heteroatoms. The Kier molecular flexibility index (Phi) is 3.35. The van der Waals surface area contributed by atoms with Crippen LogP contribution in [0.4, 0.5) is 5.69 Å². The van der Waals surface area contributed by atoms with E-state index in [9.17, 15) is 9.59 Å². The standard InChI is InChI=1S/C15H14N2O3/c18-14-4-2-11(9-20-14)15(19)17-13-3-1-10-5-6-16-8-12(10)7-13/h1-4,7,9,16H,5-6,8H2,(H,17,19). The summed E-state index contributed by atoms with van der Waals surface area (Å²) in [6.45, 7) is 1.81. The molecule has 5 nitrogen and oxygen atoms in total. The molecule has 2 heterocycles. The molecule has 0 saturated carbocycles. The number of carbonyl (C=O) groups is 1. The van der Waals surface area contributed by atoms with Gasteiger partial charge in [-0.15, -0.1) is 0 Å². The van der Waals surface area contributed by atoms with Crippen molar-refractivity contribution in [2.75, 3.05) is 11.9 Å². The van der Waals surface area contributed by atoms with Crippen LogP contribution in [0.2, 0.25) is 0 Å². The Morgan fingerprint density at radius 2 is 2.10 bits per heavy atom. The molecule has 3 rings (SSSR count). The second-order valence-electron chi connectivity index (χ2n) is 4.71.